The fraction of sp³-hybridized carbons (Fsp3) is 0.571. The summed E-state index contributed by atoms with van der Waals surface area (Å²) >= 11 is 0. The zero-order valence-corrected chi connectivity index (χ0v) is 14.3. The fourth-order valence-electron chi connectivity index (χ4n) is 2.22. The van der Waals surface area contributed by atoms with Gasteiger partial charge in [-0.05, 0) is 45.3 Å². The fourth-order valence-corrected chi connectivity index (χ4v) is 3.11. The summed E-state index contributed by atoms with van der Waals surface area (Å²) in [6, 6.07) is 3.00. The smallest absolute Gasteiger partial charge is 0.399 e. The predicted molar refractivity (Wildman–Crippen MR) is 80.3 cm³/mol. The molecule has 2 rings (SSSR count). The molecule has 0 saturated carbocycles. The summed E-state index contributed by atoms with van der Waals surface area (Å²) in [5.41, 5.74) is -2.49. The van der Waals surface area contributed by atoms with E-state index in [0.717, 1.165) is 18.4 Å². The van der Waals surface area contributed by atoms with Crippen molar-refractivity contribution >= 4 is 22.4 Å². The number of sulfone groups is 1. The van der Waals surface area contributed by atoms with Crippen molar-refractivity contribution in [1.82, 2.24) is 0 Å². The Morgan fingerprint density at radius 2 is 1.52 bits per heavy atom. The van der Waals surface area contributed by atoms with E-state index in [-0.39, 0.29) is 5.46 Å². The molecule has 1 aliphatic heterocycles. The first-order valence-electron chi connectivity index (χ1n) is 6.92. The molecule has 0 aromatic heterocycles. The predicted octanol–water partition coefficient (Wildman–Crippen LogP) is 2.41. The molecular formula is C14H18BF3O4S. The van der Waals surface area contributed by atoms with Gasteiger partial charge < -0.3 is 9.31 Å². The van der Waals surface area contributed by atoms with Crippen LogP contribution in [0.4, 0.5) is 13.2 Å². The van der Waals surface area contributed by atoms with Crippen molar-refractivity contribution in [1.29, 1.82) is 0 Å². The van der Waals surface area contributed by atoms with Crippen LogP contribution in [-0.4, -0.2) is 33.0 Å². The molecule has 128 valence electrons. The highest BCUT2D eigenvalue weighted by Crippen LogP contribution is 2.38. The molecule has 0 bridgehead atoms. The van der Waals surface area contributed by atoms with Crippen molar-refractivity contribution in [2.75, 3.05) is 6.26 Å². The number of benzene rings is 1. The molecule has 4 nitrogen and oxygen atoms in total. The van der Waals surface area contributed by atoms with Crippen molar-refractivity contribution in [3.63, 3.8) is 0 Å². The number of halogens is 3. The molecule has 0 unspecified atom stereocenters. The second-order valence-electron chi connectivity index (χ2n) is 6.61. The third kappa shape index (κ3) is 3.41. The minimum atomic E-state index is -4.79. The van der Waals surface area contributed by atoms with Crippen LogP contribution in [-0.2, 0) is 25.3 Å². The van der Waals surface area contributed by atoms with E-state index in [1.54, 1.807) is 27.7 Å². The minimum absolute atomic E-state index is 0.128. The second-order valence-corrected chi connectivity index (χ2v) is 8.60. The average molecular weight is 350 g/mol. The highest BCUT2D eigenvalue weighted by molar-refractivity contribution is 7.90. The molecule has 1 fully saturated rings. The quantitative estimate of drug-likeness (QED) is 0.769. The monoisotopic (exact) mass is 350 g/mol. The van der Waals surface area contributed by atoms with Gasteiger partial charge in [-0.25, -0.2) is 8.42 Å². The molecule has 1 aromatic rings. The van der Waals surface area contributed by atoms with E-state index in [9.17, 15) is 21.6 Å². The first kappa shape index (κ1) is 18.3. The Morgan fingerprint density at radius 1 is 1.04 bits per heavy atom. The summed E-state index contributed by atoms with van der Waals surface area (Å²) in [5, 5.41) is 0. The van der Waals surface area contributed by atoms with Gasteiger partial charge in [0.1, 0.15) is 0 Å². The Kier molecular flexibility index (Phi) is 4.15. The number of hydrogen-bond donors (Lipinski definition) is 0. The Balaban J connectivity index is 2.52. The first-order valence-corrected chi connectivity index (χ1v) is 8.81. The molecule has 1 saturated heterocycles. The summed E-state index contributed by atoms with van der Waals surface area (Å²) < 4.78 is 74.2. The zero-order chi connectivity index (χ0) is 17.8. The van der Waals surface area contributed by atoms with Gasteiger partial charge in [-0.15, -0.1) is 0 Å². The van der Waals surface area contributed by atoms with E-state index in [1.165, 1.54) is 6.07 Å². The Bertz CT molecular complexity index is 710. The maximum atomic E-state index is 13.2. The van der Waals surface area contributed by atoms with E-state index in [1.807, 2.05) is 0 Å². The largest absolute Gasteiger partial charge is 0.494 e. The lowest BCUT2D eigenvalue weighted by Gasteiger charge is -2.32. The molecule has 0 spiro atoms. The third-order valence-electron chi connectivity index (χ3n) is 4.23. The Morgan fingerprint density at radius 3 is 1.91 bits per heavy atom. The Labute approximate surface area is 134 Å². The van der Waals surface area contributed by atoms with Crippen molar-refractivity contribution in [3.05, 3.63) is 23.8 Å². The molecule has 0 radical (unpaired) electrons. The van der Waals surface area contributed by atoms with Crippen LogP contribution in [0.15, 0.2) is 23.1 Å². The molecule has 1 heterocycles. The second kappa shape index (κ2) is 5.22. The normalized spacial score (nSPS) is 20.8. The van der Waals surface area contributed by atoms with Gasteiger partial charge in [-0.2, -0.15) is 13.2 Å². The van der Waals surface area contributed by atoms with Crippen LogP contribution in [0.3, 0.4) is 0 Å². The van der Waals surface area contributed by atoms with Gasteiger partial charge in [0.05, 0.1) is 21.7 Å². The average Bonchev–Trinajstić information content (AvgIpc) is 2.55. The zero-order valence-electron chi connectivity index (χ0n) is 13.5. The lowest BCUT2D eigenvalue weighted by molar-refractivity contribution is -0.139. The molecule has 0 amide bonds. The van der Waals surface area contributed by atoms with E-state index >= 15 is 0 Å². The molecule has 23 heavy (non-hydrogen) atoms. The van der Waals surface area contributed by atoms with Crippen LogP contribution in [0.1, 0.15) is 33.3 Å². The maximum absolute atomic E-state index is 13.2. The van der Waals surface area contributed by atoms with Crippen LogP contribution in [0.2, 0.25) is 0 Å². The van der Waals surface area contributed by atoms with E-state index in [0.29, 0.717) is 0 Å². The van der Waals surface area contributed by atoms with E-state index < -0.39 is 44.8 Å². The van der Waals surface area contributed by atoms with E-state index in [4.69, 9.17) is 9.31 Å². The lowest BCUT2D eigenvalue weighted by atomic mass is 9.78. The van der Waals surface area contributed by atoms with Crippen LogP contribution in [0.5, 0.6) is 0 Å². The summed E-state index contributed by atoms with van der Waals surface area (Å²) in [6.07, 6.45) is -4.05. The minimum Gasteiger partial charge on any atom is -0.399 e. The van der Waals surface area contributed by atoms with Crippen LogP contribution >= 0.6 is 0 Å². The van der Waals surface area contributed by atoms with Crippen molar-refractivity contribution in [2.45, 2.75) is 50.0 Å². The summed E-state index contributed by atoms with van der Waals surface area (Å²) in [4.78, 5) is -0.759. The molecule has 1 aliphatic rings. The van der Waals surface area contributed by atoms with Gasteiger partial charge in [0.25, 0.3) is 0 Å². The number of alkyl halides is 3. The van der Waals surface area contributed by atoms with Crippen LogP contribution in [0.25, 0.3) is 0 Å². The van der Waals surface area contributed by atoms with Gasteiger partial charge in [-0.1, -0.05) is 6.07 Å². The highest BCUT2D eigenvalue weighted by Gasteiger charge is 2.52. The molecule has 1 aromatic carbocycles. The lowest BCUT2D eigenvalue weighted by Crippen LogP contribution is -2.41. The van der Waals surface area contributed by atoms with Gasteiger partial charge in [0, 0.05) is 6.26 Å². The molecule has 0 N–H and O–H groups in total. The molecule has 0 atom stereocenters. The van der Waals surface area contributed by atoms with Gasteiger partial charge in [0.2, 0.25) is 0 Å². The number of rotatable bonds is 2. The summed E-state index contributed by atoms with van der Waals surface area (Å²) in [5.74, 6) is 0. The molecular weight excluding hydrogens is 332 g/mol. The van der Waals surface area contributed by atoms with Crippen molar-refractivity contribution in [2.24, 2.45) is 0 Å². The van der Waals surface area contributed by atoms with Gasteiger partial charge in [-0.3, -0.25) is 0 Å². The van der Waals surface area contributed by atoms with Crippen molar-refractivity contribution < 1.29 is 30.9 Å². The van der Waals surface area contributed by atoms with Crippen LogP contribution in [0, 0.1) is 0 Å². The Hall–Kier alpha value is -1.06. The maximum Gasteiger partial charge on any atom is 0.494 e. The van der Waals surface area contributed by atoms with Crippen LogP contribution < -0.4 is 5.46 Å². The highest BCUT2D eigenvalue weighted by atomic mass is 32.2. The first-order chi connectivity index (χ1) is 10.2. The van der Waals surface area contributed by atoms with Crippen molar-refractivity contribution in [3.8, 4) is 0 Å². The van der Waals surface area contributed by atoms with Gasteiger partial charge >= 0.3 is 13.3 Å². The van der Waals surface area contributed by atoms with Gasteiger partial charge in [0.15, 0.2) is 9.84 Å². The topological polar surface area (TPSA) is 52.6 Å². The summed E-state index contributed by atoms with van der Waals surface area (Å²) in [7, 11) is -5.00. The van der Waals surface area contributed by atoms with E-state index in [2.05, 4.69) is 0 Å². The standard InChI is InChI=1S/C14H18BF3O4S/c1-12(2)13(3,4)22-15(21-12)9-6-7-11(23(5,19)20)10(8-9)14(16,17)18/h6-8H,1-5H3. The summed E-state index contributed by atoms with van der Waals surface area (Å²) in [6.45, 7) is 7.12. The SMILES string of the molecule is CC1(C)OB(c2ccc(S(C)(=O)=O)c(C(F)(F)F)c2)OC1(C)C. The molecule has 9 heteroatoms. The number of hydrogen-bond acceptors (Lipinski definition) is 4. The molecule has 0 aliphatic carbocycles. The third-order valence-corrected chi connectivity index (χ3v) is 5.39.